The van der Waals surface area contributed by atoms with E-state index in [2.05, 4.69) is 46.7 Å². The van der Waals surface area contributed by atoms with Gasteiger partial charge in [0.2, 0.25) is 5.91 Å². The highest BCUT2D eigenvalue weighted by Crippen LogP contribution is 2.27. The van der Waals surface area contributed by atoms with Gasteiger partial charge in [0.25, 0.3) is 0 Å². The zero-order valence-corrected chi connectivity index (χ0v) is 14.9. The summed E-state index contributed by atoms with van der Waals surface area (Å²) in [5.74, 6) is 1.43. The molecule has 4 heteroatoms. The van der Waals surface area contributed by atoms with Crippen molar-refractivity contribution in [2.75, 3.05) is 37.6 Å². The van der Waals surface area contributed by atoms with Gasteiger partial charge in [-0.3, -0.25) is 4.79 Å². The van der Waals surface area contributed by atoms with E-state index in [0.29, 0.717) is 18.3 Å². The lowest BCUT2D eigenvalue weighted by Gasteiger charge is -2.28. The van der Waals surface area contributed by atoms with Gasteiger partial charge in [-0.2, -0.15) is 0 Å². The van der Waals surface area contributed by atoms with Crippen molar-refractivity contribution in [2.45, 2.75) is 39.0 Å². The second-order valence-electron chi connectivity index (χ2n) is 7.34. The minimum Gasteiger partial charge on any atom is -0.371 e. The van der Waals surface area contributed by atoms with Crippen LogP contribution < -0.4 is 15.5 Å². The summed E-state index contributed by atoms with van der Waals surface area (Å²) >= 11 is 0. The topological polar surface area (TPSA) is 44.4 Å². The average Bonchev–Trinajstić information content (AvgIpc) is 3.03. The van der Waals surface area contributed by atoms with Gasteiger partial charge in [-0.15, -0.1) is 0 Å². The minimum atomic E-state index is 0.225. The highest BCUT2D eigenvalue weighted by molar-refractivity contribution is 5.76. The minimum absolute atomic E-state index is 0.225. The molecule has 1 amide bonds. The van der Waals surface area contributed by atoms with Gasteiger partial charge in [0.05, 0.1) is 0 Å². The van der Waals surface area contributed by atoms with Crippen LogP contribution in [0.4, 0.5) is 5.69 Å². The number of hydrogen-bond donors (Lipinski definition) is 2. The Balaban J connectivity index is 1.32. The Morgan fingerprint density at radius 1 is 1.33 bits per heavy atom. The molecule has 1 fully saturated rings. The Morgan fingerprint density at radius 3 is 2.96 bits per heavy atom. The summed E-state index contributed by atoms with van der Waals surface area (Å²) in [6.45, 7) is 7.37. The van der Waals surface area contributed by atoms with E-state index in [0.717, 1.165) is 45.6 Å². The van der Waals surface area contributed by atoms with Crippen LogP contribution in [0, 0.1) is 11.8 Å². The van der Waals surface area contributed by atoms with Gasteiger partial charge in [0, 0.05) is 31.7 Å². The summed E-state index contributed by atoms with van der Waals surface area (Å²) in [7, 11) is 0. The predicted molar refractivity (Wildman–Crippen MR) is 99.4 cm³/mol. The van der Waals surface area contributed by atoms with Crippen molar-refractivity contribution in [3.05, 3.63) is 29.8 Å². The predicted octanol–water partition coefficient (Wildman–Crippen LogP) is 2.58. The molecule has 0 bridgehead atoms. The van der Waals surface area contributed by atoms with E-state index >= 15 is 0 Å². The number of piperidine rings is 1. The fourth-order valence-corrected chi connectivity index (χ4v) is 4.08. The Kier molecular flexibility index (Phi) is 6.13. The van der Waals surface area contributed by atoms with Crippen LogP contribution in [0.25, 0.3) is 0 Å². The van der Waals surface area contributed by atoms with Gasteiger partial charge < -0.3 is 15.5 Å². The zero-order valence-electron chi connectivity index (χ0n) is 14.9. The molecule has 2 aliphatic rings. The molecule has 1 aromatic rings. The fourth-order valence-electron chi connectivity index (χ4n) is 4.08. The zero-order chi connectivity index (χ0) is 16.8. The lowest BCUT2D eigenvalue weighted by molar-refractivity contribution is -0.122. The number of anilines is 1. The van der Waals surface area contributed by atoms with Crippen molar-refractivity contribution in [3.8, 4) is 0 Å². The first-order chi connectivity index (χ1) is 11.7. The van der Waals surface area contributed by atoms with Gasteiger partial charge in [0.1, 0.15) is 0 Å². The van der Waals surface area contributed by atoms with Gasteiger partial charge in [-0.1, -0.05) is 25.1 Å². The maximum Gasteiger partial charge on any atom is 0.220 e. The smallest absolute Gasteiger partial charge is 0.220 e. The summed E-state index contributed by atoms with van der Waals surface area (Å²) < 4.78 is 0. The van der Waals surface area contributed by atoms with E-state index in [1.165, 1.54) is 24.1 Å². The number of fused-ring (bicyclic) bond motifs is 1. The van der Waals surface area contributed by atoms with Gasteiger partial charge in [-0.25, -0.2) is 0 Å². The normalized spacial score (nSPS) is 19.1. The van der Waals surface area contributed by atoms with Crippen LogP contribution in [0.2, 0.25) is 0 Å². The number of para-hydroxylation sites is 1. The van der Waals surface area contributed by atoms with E-state index in [4.69, 9.17) is 0 Å². The van der Waals surface area contributed by atoms with Crippen LogP contribution in [0.15, 0.2) is 24.3 Å². The van der Waals surface area contributed by atoms with Crippen molar-refractivity contribution in [1.82, 2.24) is 10.6 Å². The molecule has 0 aromatic heterocycles. The van der Waals surface area contributed by atoms with E-state index in [1.54, 1.807) is 0 Å². The van der Waals surface area contributed by atoms with Crippen molar-refractivity contribution in [2.24, 2.45) is 11.8 Å². The maximum absolute atomic E-state index is 12.2. The lowest BCUT2D eigenvalue weighted by atomic mass is 9.84. The molecule has 0 saturated carbocycles. The number of carbonyl (C=O) groups excluding carboxylic acids is 1. The molecule has 1 unspecified atom stereocenters. The molecule has 0 spiro atoms. The molecule has 2 N–H and O–H groups in total. The van der Waals surface area contributed by atoms with Crippen LogP contribution in [0.3, 0.4) is 0 Å². The first-order valence-corrected chi connectivity index (χ1v) is 9.54. The Hall–Kier alpha value is -1.55. The van der Waals surface area contributed by atoms with Crippen molar-refractivity contribution >= 4 is 11.6 Å². The van der Waals surface area contributed by atoms with Crippen LogP contribution >= 0.6 is 0 Å². The summed E-state index contributed by atoms with van der Waals surface area (Å²) in [5.41, 5.74) is 2.83. The first kappa shape index (κ1) is 17.3. The van der Waals surface area contributed by atoms with E-state index in [9.17, 15) is 4.79 Å². The number of amides is 1. The number of nitrogens with zero attached hydrogens (tertiary/aromatic N) is 1. The van der Waals surface area contributed by atoms with Crippen LogP contribution in [0.1, 0.15) is 38.2 Å². The largest absolute Gasteiger partial charge is 0.371 e. The van der Waals surface area contributed by atoms with Crippen molar-refractivity contribution in [1.29, 1.82) is 0 Å². The van der Waals surface area contributed by atoms with Crippen LogP contribution in [0.5, 0.6) is 0 Å². The first-order valence-electron chi connectivity index (χ1n) is 9.54. The Labute approximate surface area is 146 Å². The second-order valence-corrected chi connectivity index (χ2v) is 7.34. The molecule has 0 aliphatic carbocycles. The number of rotatable bonds is 7. The molecule has 4 nitrogen and oxygen atoms in total. The summed E-state index contributed by atoms with van der Waals surface area (Å²) in [6, 6.07) is 8.66. The third kappa shape index (κ3) is 4.50. The molecule has 24 heavy (non-hydrogen) atoms. The molecular weight excluding hydrogens is 298 g/mol. The van der Waals surface area contributed by atoms with Crippen LogP contribution in [-0.4, -0.2) is 38.6 Å². The third-order valence-electron chi connectivity index (χ3n) is 5.61. The summed E-state index contributed by atoms with van der Waals surface area (Å²) in [6.07, 6.45) is 5.26. The van der Waals surface area contributed by atoms with Gasteiger partial charge in [0.15, 0.2) is 0 Å². The molecule has 2 heterocycles. The number of benzene rings is 1. The molecule has 1 aromatic carbocycles. The molecular formula is C20H31N3O. The number of nitrogens with one attached hydrogen (secondary N) is 2. The second kappa shape index (κ2) is 8.52. The quantitative estimate of drug-likeness (QED) is 0.756. The Morgan fingerprint density at radius 2 is 2.12 bits per heavy atom. The molecule has 1 saturated heterocycles. The van der Waals surface area contributed by atoms with E-state index < -0.39 is 0 Å². The Bertz CT molecular complexity index is 539. The summed E-state index contributed by atoms with van der Waals surface area (Å²) in [5, 5.41) is 6.51. The highest BCUT2D eigenvalue weighted by atomic mass is 16.1. The fraction of sp³-hybridized carbons (Fsp3) is 0.650. The van der Waals surface area contributed by atoms with E-state index in [-0.39, 0.29) is 5.91 Å². The highest BCUT2D eigenvalue weighted by Gasteiger charge is 2.22. The number of hydrogen-bond acceptors (Lipinski definition) is 3. The molecule has 3 rings (SSSR count). The number of carbonyl (C=O) groups is 1. The van der Waals surface area contributed by atoms with Crippen molar-refractivity contribution in [3.63, 3.8) is 0 Å². The van der Waals surface area contributed by atoms with Crippen molar-refractivity contribution < 1.29 is 4.79 Å². The standard InChI is InChI=1S/C20H31N3O/c1-16(17-7-11-21-12-8-17)15-20(24)22-10-4-13-23-14-9-18-5-2-3-6-19(18)23/h2-3,5-6,16-17,21H,4,7-15H2,1H3,(H,22,24). The third-order valence-corrected chi connectivity index (χ3v) is 5.61. The van der Waals surface area contributed by atoms with Crippen LogP contribution in [-0.2, 0) is 11.2 Å². The lowest BCUT2D eigenvalue weighted by Crippen LogP contribution is -2.34. The maximum atomic E-state index is 12.2. The SMILES string of the molecule is CC(CC(=O)NCCCN1CCc2ccccc21)C1CCNCC1. The molecule has 1 atom stereocenters. The van der Waals surface area contributed by atoms with E-state index in [1.807, 2.05) is 0 Å². The average molecular weight is 329 g/mol. The summed E-state index contributed by atoms with van der Waals surface area (Å²) in [4.78, 5) is 14.6. The molecule has 0 radical (unpaired) electrons. The molecule has 2 aliphatic heterocycles. The van der Waals surface area contributed by atoms with Gasteiger partial charge in [-0.05, 0) is 62.2 Å². The monoisotopic (exact) mass is 329 g/mol. The van der Waals surface area contributed by atoms with Gasteiger partial charge >= 0.3 is 0 Å². The molecule has 132 valence electrons.